The molecule has 3 amide bonds. The van der Waals surface area contributed by atoms with Gasteiger partial charge in [-0.05, 0) is 73.4 Å². The third-order valence-electron chi connectivity index (χ3n) is 6.49. The van der Waals surface area contributed by atoms with Gasteiger partial charge in [0.1, 0.15) is 5.82 Å². The average molecular weight is 452 g/mol. The Morgan fingerprint density at radius 1 is 1.00 bits per heavy atom. The first-order valence-corrected chi connectivity index (χ1v) is 11.7. The number of ketones is 1. The van der Waals surface area contributed by atoms with Crippen molar-refractivity contribution in [1.29, 1.82) is 0 Å². The van der Waals surface area contributed by atoms with Gasteiger partial charge in [-0.1, -0.05) is 18.2 Å². The van der Waals surface area contributed by atoms with Gasteiger partial charge in [0, 0.05) is 43.7 Å². The molecular formula is C26H30FN3O3. The molecule has 1 saturated heterocycles. The molecule has 1 atom stereocenters. The lowest BCUT2D eigenvalue weighted by atomic mass is 9.97. The van der Waals surface area contributed by atoms with Crippen LogP contribution in [-0.4, -0.2) is 42.3 Å². The number of carbonyl (C=O) groups is 3. The minimum Gasteiger partial charge on any atom is -0.342 e. The molecule has 2 aliphatic rings. The Morgan fingerprint density at radius 3 is 2.70 bits per heavy atom. The van der Waals surface area contributed by atoms with Gasteiger partial charge >= 0.3 is 6.03 Å². The van der Waals surface area contributed by atoms with Crippen LogP contribution in [0.4, 0.5) is 14.9 Å². The van der Waals surface area contributed by atoms with Crippen molar-refractivity contribution in [1.82, 2.24) is 10.2 Å². The summed E-state index contributed by atoms with van der Waals surface area (Å²) in [5.74, 6) is -0.266. The fourth-order valence-corrected chi connectivity index (χ4v) is 4.70. The van der Waals surface area contributed by atoms with Gasteiger partial charge in [0.25, 0.3) is 0 Å². The zero-order valence-electron chi connectivity index (χ0n) is 18.7. The van der Waals surface area contributed by atoms with Crippen LogP contribution in [0.2, 0.25) is 0 Å². The largest absolute Gasteiger partial charge is 0.342 e. The van der Waals surface area contributed by atoms with E-state index >= 15 is 0 Å². The number of anilines is 1. The molecule has 174 valence electrons. The topological polar surface area (TPSA) is 78.5 Å². The number of halogens is 1. The molecule has 6 nitrogen and oxygen atoms in total. The van der Waals surface area contributed by atoms with Crippen LogP contribution in [0.5, 0.6) is 0 Å². The summed E-state index contributed by atoms with van der Waals surface area (Å²) in [6.07, 6.45) is 5.45. The van der Waals surface area contributed by atoms with Crippen LogP contribution >= 0.6 is 0 Å². The number of nitrogens with one attached hydrogen (secondary N) is 2. The molecule has 0 radical (unpaired) electrons. The lowest BCUT2D eigenvalue weighted by Gasteiger charge is -2.33. The zero-order chi connectivity index (χ0) is 23.2. The number of aryl methyl sites for hydroxylation is 2. The van der Waals surface area contributed by atoms with Crippen molar-refractivity contribution >= 4 is 23.4 Å². The highest BCUT2D eigenvalue weighted by molar-refractivity contribution is 5.98. The molecule has 1 aliphatic carbocycles. The van der Waals surface area contributed by atoms with Gasteiger partial charge < -0.3 is 15.5 Å². The van der Waals surface area contributed by atoms with Crippen LogP contribution in [0.3, 0.4) is 0 Å². The van der Waals surface area contributed by atoms with Gasteiger partial charge in [-0.2, -0.15) is 0 Å². The van der Waals surface area contributed by atoms with Gasteiger partial charge in [0.2, 0.25) is 5.91 Å². The quantitative estimate of drug-likeness (QED) is 0.615. The molecule has 1 unspecified atom stereocenters. The van der Waals surface area contributed by atoms with Crippen LogP contribution < -0.4 is 10.6 Å². The predicted molar refractivity (Wildman–Crippen MR) is 125 cm³/mol. The molecule has 2 aromatic rings. The highest BCUT2D eigenvalue weighted by Crippen LogP contribution is 2.24. The van der Waals surface area contributed by atoms with E-state index in [1.54, 1.807) is 11.0 Å². The third kappa shape index (κ3) is 6.18. The molecule has 1 aliphatic heterocycles. The number of piperidine rings is 1. The summed E-state index contributed by atoms with van der Waals surface area (Å²) in [5, 5.41) is 5.42. The Bertz CT molecular complexity index is 1040. The molecule has 2 N–H and O–H groups in total. The predicted octanol–water partition coefficient (Wildman–Crippen LogP) is 4.34. The number of rotatable bonds is 7. The highest BCUT2D eigenvalue weighted by Gasteiger charge is 2.24. The summed E-state index contributed by atoms with van der Waals surface area (Å²) in [5.41, 5.74) is 3.69. The molecule has 33 heavy (non-hydrogen) atoms. The van der Waals surface area contributed by atoms with E-state index in [9.17, 15) is 18.8 Å². The fourth-order valence-electron chi connectivity index (χ4n) is 4.70. The summed E-state index contributed by atoms with van der Waals surface area (Å²) in [6, 6.07) is 11.2. The maximum absolute atomic E-state index is 13.2. The fraction of sp³-hybridized carbons (Fsp3) is 0.423. The van der Waals surface area contributed by atoms with Crippen molar-refractivity contribution in [3.8, 4) is 0 Å². The Labute approximate surface area is 193 Å². The van der Waals surface area contributed by atoms with Crippen molar-refractivity contribution in [2.75, 3.05) is 25.0 Å². The Morgan fingerprint density at radius 2 is 1.85 bits per heavy atom. The number of likely N-dealkylation sites (tertiary alicyclic amines) is 1. The first kappa shape index (κ1) is 23.0. The third-order valence-corrected chi connectivity index (χ3v) is 6.49. The number of carbonyl (C=O) groups excluding carboxylic acids is 3. The second-order valence-electron chi connectivity index (χ2n) is 8.95. The lowest BCUT2D eigenvalue weighted by molar-refractivity contribution is -0.132. The molecule has 0 bridgehead atoms. The number of hydrogen-bond donors (Lipinski definition) is 2. The van der Waals surface area contributed by atoms with Crippen molar-refractivity contribution in [3.05, 3.63) is 65.0 Å². The van der Waals surface area contributed by atoms with E-state index in [-0.39, 0.29) is 30.4 Å². The summed E-state index contributed by atoms with van der Waals surface area (Å²) < 4.78 is 13.2. The van der Waals surface area contributed by atoms with Crippen LogP contribution in [0, 0.1) is 11.7 Å². The summed E-state index contributed by atoms with van der Waals surface area (Å²) in [4.78, 5) is 39.2. The van der Waals surface area contributed by atoms with E-state index in [0.29, 0.717) is 30.9 Å². The van der Waals surface area contributed by atoms with Gasteiger partial charge in [0.15, 0.2) is 5.78 Å². The van der Waals surface area contributed by atoms with Crippen LogP contribution in [0.15, 0.2) is 42.5 Å². The molecule has 4 rings (SSSR count). The van der Waals surface area contributed by atoms with Crippen LogP contribution in [0.25, 0.3) is 0 Å². The minimum absolute atomic E-state index is 0.0153. The van der Waals surface area contributed by atoms with E-state index in [4.69, 9.17) is 0 Å². The Hall–Kier alpha value is -3.22. The number of urea groups is 1. The maximum atomic E-state index is 13.2. The second kappa shape index (κ2) is 10.6. The maximum Gasteiger partial charge on any atom is 0.319 e. The highest BCUT2D eigenvalue weighted by atomic mass is 19.1. The van der Waals surface area contributed by atoms with E-state index in [1.807, 2.05) is 18.2 Å². The van der Waals surface area contributed by atoms with Gasteiger partial charge in [-0.25, -0.2) is 9.18 Å². The van der Waals surface area contributed by atoms with E-state index < -0.39 is 11.8 Å². The van der Waals surface area contributed by atoms with E-state index in [0.717, 1.165) is 32.1 Å². The summed E-state index contributed by atoms with van der Waals surface area (Å²) in [7, 11) is 0. The van der Waals surface area contributed by atoms with Gasteiger partial charge in [0.05, 0.1) is 0 Å². The first-order chi connectivity index (χ1) is 16.0. The molecule has 0 saturated carbocycles. The number of hydrogen-bond acceptors (Lipinski definition) is 3. The van der Waals surface area contributed by atoms with Crippen LogP contribution in [-0.2, 0) is 17.6 Å². The number of Topliss-reactive ketones (excluding diaryl/α,β-unsaturated/α-hetero) is 1. The molecule has 2 aromatic carbocycles. The first-order valence-electron chi connectivity index (χ1n) is 11.7. The monoisotopic (exact) mass is 451 g/mol. The standard InChI is InChI=1S/C26H30FN3O3/c27-22-7-2-8-23(15-22)29-26(33)28-16-18-4-3-13-30(17-18)25(32)12-11-24(31)21-10-9-19-5-1-6-20(19)14-21/h2,7-10,14-15,18H,1,3-6,11-13,16-17H2,(H2,28,29,33). The molecule has 1 heterocycles. The lowest BCUT2D eigenvalue weighted by Crippen LogP contribution is -2.44. The minimum atomic E-state index is -0.413. The average Bonchev–Trinajstić information content (AvgIpc) is 3.29. The number of nitrogens with zero attached hydrogens (tertiary/aromatic N) is 1. The normalized spacial score (nSPS) is 17.4. The second-order valence-corrected chi connectivity index (χ2v) is 8.95. The summed E-state index contributed by atoms with van der Waals surface area (Å²) >= 11 is 0. The molecule has 0 spiro atoms. The summed E-state index contributed by atoms with van der Waals surface area (Å²) in [6.45, 7) is 1.67. The molecule has 0 aromatic heterocycles. The number of benzene rings is 2. The van der Waals surface area contributed by atoms with E-state index in [1.165, 1.54) is 29.3 Å². The van der Waals surface area contributed by atoms with Gasteiger partial charge in [-0.3, -0.25) is 9.59 Å². The molecule has 7 heteroatoms. The van der Waals surface area contributed by atoms with E-state index in [2.05, 4.69) is 10.6 Å². The number of fused-ring (bicyclic) bond motifs is 1. The van der Waals surface area contributed by atoms with Crippen molar-refractivity contribution in [2.45, 2.75) is 44.9 Å². The van der Waals surface area contributed by atoms with Crippen molar-refractivity contribution in [2.24, 2.45) is 5.92 Å². The Balaban J connectivity index is 1.21. The molecular weight excluding hydrogens is 421 g/mol. The smallest absolute Gasteiger partial charge is 0.319 e. The van der Waals surface area contributed by atoms with Crippen LogP contribution in [0.1, 0.15) is 53.6 Å². The number of amides is 3. The Kier molecular flexibility index (Phi) is 7.37. The molecule has 1 fully saturated rings. The van der Waals surface area contributed by atoms with Gasteiger partial charge in [-0.15, -0.1) is 0 Å². The van der Waals surface area contributed by atoms with Crippen molar-refractivity contribution < 1.29 is 18.8 Å². The zero-order valence-corrected chi connectivity index (χ0v) is 18.7. The van der Waals surface area contributed by atoms with Crippen molar-refractivity contribution in [3.63, 3.8) is 0 Å². The SMILES string of the molecule is O=C(NCC1CCCN(C(=O)CCC(=O)c2ccc3c(c2)CCC3)C1)Nc1cccc(F)c1.